The third kappa shape index (κ3) is 4.63. The number of carbonyl (C=O) groups excluding carboxylic acids is 1. The molecule has 0 saturated carbocycles. The summed E-state index contributed by atoms with van der Waals surface area (Å²) in [5.74, 6) is 0.705. The van der Waals surface area contributed by atoms with E-state index in [9.17, 15) is 4.79 Å². The number of aryl methyl sites for hydroxylation is 1. The van der Waals surface area contributed by atoms with Crippen LogP contribution >= 0.6 is 11.3 Å². The summed E-state index contributed by atoms with van der Waals surface area (Å²) in [6, 6.07) is 7.83. The number of hydrogen-bond donors (Lipinski definition) is 1. The number of nitrogens with zero attached hydrogens (tertiary/aromatic N) is 2. The summed E-state index contributed by atoms with van der Waals surface area (Å²) in [6.45, 7) is 8.77. The minimum atomic E-state index is -0.163. The Morgan fingerprint density at radius 2 is 2.04 bits per heavy atom. The van der Waals surface area contributed by atoms with Crippen molar-refractivity contribution >= 4 is 22.9 Å². The van der Waals surface area contributed by atoms with Crippen LogP contribution in [0.25, 0.3) is 0 Å². The minimum absolute atomic E-state index is 0.0141. The SMILES string of the molecule is COc1ccc(C)cc1NC(=O)[C@H](C)N1CCN(Cc2ccsc2)CC1. The lowest BCUT2D eigenvalue weighted by atomic mass is 10.1. The van der Waals surface area contributed by atoms with Crippen molar-refractivity contribution in [2.24, 2.45) is 0 Å². The Morgan fingerprint density at radius 1 is 1.27 bits per heavy atom. The quantitative estimate of drug-likeness (QED) is 0.845. The zero-order valence-electron chi connectivity index (χ0n) is 15.7. The number of hydrogen-bond acceptors (Lipinski definition) is 5. The third-order valence-corrected chi connectivity index (χ3v) is 5.67. The molecule has 140 valence electrons. The topological polar surface area (TPSA) is 44.8 Å². The molecule has 1 N–H and O–H groups in total. The van der Waals surface area contributed by atoms with Crippen LogP contribution in [-0.4, -0.2) is 55.0 Å². The summed E-state index contributed by atoms with van der Waals surface area (Å²) < 4.78 is 5.36. The number of amides is 1. The molecule has 0 bridgehead atoms. The Hall–Kier alpha value is -1.89. The van der Waals surface area contributed by atoms with Crippen molar-refractivity contribution in [2.45, 2.75) is 26.4 Å². The van der Waals surface area contributed by atoms with Gasteiger partial charge in [-0.1, -0.05) is 6.07 Å². The molecule has 0 spiro atoms. The first kappa shape index (κ1) is 18.9. The number of anilines is 1. The molecular formula is C20H27N3O2S. The van der Waals surface area contributed by atoms with Crippen molar-refractivity contribution < 1.29 is 9.53 Å². The highest BCUT2D eigenvalue weighted by atomic mass is 32.1. The lowest BCUT2D eigenvalue weighted by Gasteiger charge is -2.37. The standard InChI is InChI=1S/C20H27N3O2S/c1-15-4-5-19(25-3)18(12-15)21-20(24)16(2)23-9-7-22(8-10-23)13-17-6-11-26-14-17/h4-6,11-12,14,16H,7-10,13H2,1-3H3,(H,21,24)/t16-/m0/s1. The number of methoxy groups -OCH3 is 1. The van der Waals surface area contributed by atoms with Crippen LogP contribution in [-0.2, 0) is 11.3 Å². The van der Waals surface area contributed by atoms with Gasteiger partial charge in [-0.15, -0.1) is 0 Å². The second-order valence-corrected chi connectivity index (χ2v) is 7.59. The molecule has 6 heteroatoms. The van der Waals surface area contributed by atoms with E-state index in [1.807, 2.05) is 32.0 Å². The molecule has 2 heterocycles. The van der Waals surface area contributed by atoms with E-state index >= 15 is 0 Å². The van der Waals surface area contributed by atoms with Crippen LogP contribution in [0, 0.1) is 6.92 Å². The Balaban J connectivity index is 1.54. The smallest absolute Gasteiger partial charge is 0.241 e. The van der Waals surface area contributed by atoms with E-state index in [0.717, 1.165) is 44.0 Å². The van der Waals surface area contributed by atoms with Crippen LogP contribution in [0.2, 0.25) is 0 Å². The van der Waals surface area contributed by atoms with E-state index < -0.39 is 0 Å². The van der Waals surface area contributed by atoms with E-state index in [4.69, 9.17) is 4.74 Å². The van der Waals surface area contributed by atoms with Gasteiger partial charge < -0.3 is 10.1 Å². The normalized spacial score (nSPS) is 17.0. The number of ether oxygens (including phenoxy) is 1. The van der Waals surface area contributed by atoms with Gasteiger partial charge in [0, 0.05) is 32.7 Å². The maximum absolute atomic E-state index is 12.7. The summed E-state index contributed by atoms with van der Waals surface area (Å²) in [4.78, 5) is 17.4. The van der Waals surface area contributed by atoms with Crippen molar-refractivity contribution in [3.8, 4) is 5.75 Å². The molecule has 0 aliphatic carbocycles. The molecule has 1 fully saturated rings. The first-order valence-corrected chi connectivity index (χ1v) is 9.94. The van der Waals surface area contributed by atoms with Crippen LogP contribution in [0.15, 0.2) is 35.0 Å². The summed E-state index contributed by atoms with van der Waals surface area (Å²) in [7, 11) is 1.62. The first-order chi connectivity index (χ1) is 12.6. The van der Waals surface area contributed by atoms with Crippen LogP contribution in [0.5, 0.6) is 5.75 Å². The summed E-state index contributed by atoms with van der Waals surface area (Å²) >= 11 is 1.74. The molecule has 1 aliphatic heterocycles. The van der Waals surface area contributed by atoms with Gasteiger partial charge in [0.05, 0.1) is 18.8 Å². The number of rotatable bonds is 6. The second kappa shape index (κ2) is 8.66. The van der Waals surface area contributed by atoms with E-state index in [-0.39, 0.29) is 11.9 Å². The summed E-state index contributed by atoms with van der Waals surface area (Å²) in [5.41, 5.74) is 3.21. The van der Waals surface area contributed by atoms with E-state index in [0.29, 0.717) is 5.75 Å². The van der Waals surface area contributed by atoms with Gasteiger partial charge in [0.2, 0.25) is 5.91 Å². The molecule has 1 aliphatic rings. The molecule has 3 rings (SSSR count). The molecule has 0 radical (unpaired) electrons. The number of piperazine rings is 1. The average Bonchev–Trinajstić information content (AvgIpc) is 3.15. The van der Waals surface area contributed by atoms with Crippen molar-refractivity contribution in [3.63, 3.8) is 0 Å². The number of thiophene rings is 1. The monoisotopic (exact) mass is 373 g/mol. The van der Waals surface area contributed by atoms with Crippen LogP contribution in [0.4, 0.5) is 5.69 Å². The van der Waals surface area contributed by atoms with Crippen molar-refractivity contribution in [3.05, 3.63) is 46.2 Å². The zero-order chi connectivity index (χ0) is 18.5. The highest BCUT2D eigenvalue weighted by Crippen LogP contribution is 2.25. The van der Waals surface area contributed by atoms with Crippen molar-refractivity contribution in [1.82, 2.24) is 9.80 Å². The average molecular weight is 374 g/mol. The van der Waals surface area contributed by atoms with Crippen molar-refractivity contribution in [2.75, 3.05) is 38.6 Å². The molecule has 1 saturated heterocycles. The van der Waals surface area contributed by atoms with Crippen LogP contribution < -0.4 is 10.1 Å². The number of benzene rings is 1. The molecule has 1 aromatic heterocycles. The highest BCUT2D eigenvalue weighted by Gasteiger charge is 2.26. The molecule has 1 aromatic carbocycles. The first-order valence-electron chi connectivity index (χ1n) is 9.00. The molecular weight excluding hydrogens is 346 g/mol. The lowest BCUT2D eigenvalue weighted by Crippen LogP contribution is -2.52. The van der Waals surface area contributed by atoms with Gasteiger partial charge in [-0.3, -0.25) is 14.6 Å². The highest BCUT2D eigenvalue weighted by molar-refractivity contribution is 7.07. The Morgan fingerprint density at radius 3 is 2.69 bits per heavy atom. The fourth-order valence-electron chi connectivity index (χ4n) is 3.27. The zero-order valence-corrected chi connectivity index (χ0v) is 16.5. The van der Waals surface area contributed by atoms with E-state index in [2.05, 4.69) is 31.9 Å². The maximum atomic E-state index is 12.7. The van der Waals surface area contributed by atoms with E-state index in [1.54, 1.807) is 18.4 Å². The largest absolute Gasteiger partial charge is 0.495 e. The lowest BCUT2D eigenvalue weighted by molar-refractivity contribution is -0.121. The van der Waals surface area contributed by atoms with Crippen LogP contribution in [0.3, 0.4) is 0 Å². The van der Waals surface area contributed by atoms with E-state index in [1.165, 1.54) is 5.56 Å². The molecule has 2 aromatic rings. The second-order valence-electron chi connectivity index (χ2n) is 6.81. The summed E-state index contributed by atoms with van der Waals surface area (Å²) in [6.07, 6.45) is 0. The van der Waals surface area contributed by atoms with Gasteiger partial charge >= 0.3 is 0 Å². The Labute approximate surface area is 159 Å². The molecule has 5 nitrogen and oxygen atoms in total. The Kier molecular flexibility index (Phi) is 6.29. The molecule has 1 atom stereocenters. The molecule has 26 heavy (non-hydrogen) atoms. The predicted octanol–water partition coefficient (Wildman–Crippen LogP) is 3.21. The van der Waals surface area contributed by atoms with Gasteiger partial charge in [0.15, 0.2) is 0 Å². The van der Waals surface area contributed by atoms with Gasteiger partial charge in [-0.25, -0.2) is 0 Å². The number of carbonyl (C=O) groups is 1. The third-order valence-electron chi connectivity index (χ3n) is 4.93. The van der Waals surface area contributed by atoms with Crippen molar-refractivity contribution in [1.29, 1.82) is 0 Å². The van der Waals surface area contributed by atoms with Crippen LogP contribution in [0.1, 0.15) is 18.1 Å². The molecule has 0 unspecified atom stereocenters. The van der Waals surface area contributed by atoms with Gasteiger partial charge in [-0.2, -0.15) is 11.3 Å². The van der Waals surface area contributed by atoms with Gasteiger partial charge in [0.1, 0.15) is 5.75 Å². The number of nitrogens with one attached hydrogen (secondary N) is 1. The fourth-order valence-corrected chi connectivity index (χ4v) is 3.93. The minimum Gasteiger partial charge on any atom is -0.495 e. The summed E-state index contributed by atoms with van der Waals surface area (Å²) in [5, 5.41) is 7.36. The van der Waals surface area contributed by atoms with Gasteiger partial charge in [0.25, 0.3) is 0 Å². The predicted molar refractivity (Wildman–Crippen MR) is 107 cm³/mol. The maximum Gasteiger partial charge on any atom is 0.241 e. The van der Waals surface area contributed by atoms with Gasteiger partial charge in [-0.05, 0) is 53.9 Å². The Bertz CT molecular complexity index is 725. The molecule has 1 amide bonds. The fraction of sp³-hybridized carbons (Fsp3) is 0.450.